The van der Waals surface area contributed by atoms with Gasteiger partial charge in [0.15, 0.2) is 0 Å². The number of benzene rings is 2. The molecule has 0 saturated heterocycles. The largest absolute Gasteiger partial charge is 0.0725 e. The molecule has 0 fully saturated rings. The lowest BCUT2D eigenvalue weighted by Gasteiger charge is -2.24. The fourth-order valence-corrected chi connectivity index (χ4v) is 6.29. The number of hydrogen-bond acceptors (Lipinski definition) is 0. The molecule has 3 aliphatic rings. The van der Waals surface area contributed by atoms with Gasteiger partial charge in [0.1, 0.15) is 0 Å². The first-order chi connectivity index (χ1) is 13.5. The van der Waals surface area contributed by atoms with E-state index in [-0.39, 0.29) is 10.8 Å². The van der Waals surface area contributed by atoms with E-state index in [1.807, 2.05) is 0 Å². The molecule has 2 aromatic carbocycles. The van der Waals surface area contributed by atoms with Gasteiger partial charge in [-0.05, 0) is 111 Å². The molecule has 3 aliphatic carbocycles. The van der Waals surface area contributed by atoms with Crippen LogP contribution in [0.1, 0.15) is 89.6 Å². The van der Waals surface area contributed by atoms with Crippen molar-refractivity contribution in [3.05, 3.63) is 62.0 Å². The van der Waals surface area contributed by atoms with Crippen LogP contribution in [0.5, 0.6) is 0 Å². The molecule has 0 aliphatic heterocycles. The molecule has 0 saturated carbocycles. The van der Waals surface area contributed by atoms with Crippen LogP contribution in [0.2, 0.25) is 0 Å². The second-order valence-electron chi connectivity index (χ2n) is 11.6. The van der Waals surface area contributed by atoms with Crippen molar-refractivity contribution >= 4 is 17.2 Å². The Morgan fingerprint density at radius 1 is 0.690 bits per heavy atom. The maximum atomic E-state index is 2.54. The first-order valence-electron chi connectivity index (χ1n) is 11.2. The Morgan fingerprint density at radius 2 is 1.34 bits per heavy atom. The third kappa shape index (κ3) is 2.64. The fourth-order valence-electron chi connectivity index (χ4n) is 6.29. The zero-order valence-corrected chi connectivity index (χ0v) is 19.4. The molecule has 5 rings (SSSR count). The topological polar surface area (TPSA) is 0 Å². The summed E-state index contributed by atoms with van der Waals surface area (Å²) < 4.78 is 0. The molecule has 0 atom stereocenters. The van der Waals surface area contributed by atoms with Gasteiger partial charge in [-0.25, -0.2) is 0 Å². The fraction of sp³-hybridized carbons (Fsp3) is 0.448. The van der Waals surface area contributed by atoms with E-state index in [4.69, 9.17) is 0 Å². The van der Waals surface area contributed by atoms with Gasteiger partial charge in [0.2, 0.25) is 0 Å². The molecule has 0 aromatic heterocycles. The van der Waals surface area contributed by atoms with E-state index in [0.29, 0.717) is 0 Å². The Labute approximate surface area is 176 Å². The summed E-state index contributed by atoms with van der Waals surface area (Å²) in [6.07, 6.45) is 5.74. The Kier molecular flexibility index (Phi) is 3.75. The van der Waals surface area contributed by atoms with Crippen LogP contribution in [0.3, 0.4) is 0 Å². The first kappa shape index (κ1) is 18.9. The zero-order valence-electron chi connectivity index (χ0n) is 19.4. The summed E-state index contributed by atoms with van der Waals surface area (Å²) in [7, 11) is 0. The van der Waals surface area contributed by atoms with Crippen molar-refractivity contribution in [2.45, 2.75) is 80.1 Å². The zero-order chi connectivity index (χ0) is 20.9. The highest BCUT2D eigenvalue weighted by atomic mass is 14.4. The lowest BCUT2D eigenvalue weighted by molar-refractivity contribution is 0.565. The predicted octanol–water partition coefficient (Wildman–Crippen LogP) is 6.29. The van der Waals surface area contributed by atoms with Crippen LogP contribution in [-0.2, 0) is 18.3 Å². The van der Waals surface area contributed by atoms with Crippen LogP contribution in [0.15, 0.2) is 23.8 Å². The van der Waals surface area contributed by atoms with Gasteiger partial charge in [-0.2, -0.15) is 0 Å². The first-order valence-corrected chi connectivity index (χ1v) is 11.2. The highest BCUT2D eigenvalue weighted by Crippen LogP contribution is 2.48. The molecular formula is C29H34. The molecule has 0 unspecified atom stereocenters. The average molecular weight is 383 g/mol. The lowest BCUT2D eigenvalue weighted by Crippen LogP contribution is -2.35. The molecule has 2 aromatic rings. The second-order valence-corrected chi connectivity index (χ2v) is 11.6. The van der Waals surface area contributed by atoms with Gasteiger partial charge in [-0.15, -0.1) is 0 Å². The van der Waals surface area contributed by atoms with E-state index in [1.54, 1.807) is 33.1 Å². The number of hydrogen-bond donors (Lipinski definition) is 0. The highest BCUT2D eigenvalue weighted by Gasteiger charge is 2.33. The van der Waals surface area contributed by atoms with Crippen LogP contribution in [-0.4, -0.2) is 0 Å². The third-order valence-corrected chi connectivity index (χ3v) is 7.16. The van der Waals surface area contributed by atoms with Crippen molar-refractivity contribution in [1.29, 1.82) is 0 Å². The molecular weight excluding hydrogens is 348 g/mol. The van der Waals surface area contributed by atoms with Gasteiger partial charge in [-0.3, -0.25) is 0 Å². The predicted molar refractivity (Wildman–Crippen MR) is 127 cm³/mol. The summed E-state index contributed by atoms with van der Waals surface area (Å²) in [5.74, 6) is 0. The normalized spacial score (nSPS) is 17.3. The maximum absolute atomic E-state index is 2.54. The number of allylic oxidation sites excluding steroid dienone is 2. The van der Waals surface area contributed by atoms with Crippen molar-refractivity contribution < 1.29 is 0 Å². The SMILES string of the molecule is CC1=C(C(C)(C)C)c2cc3c(cc2C1)-c1cc2c(c(C(C)(C)C)c1C3)=C(C)CC=2. The minimum absolute atomic E-state index is 0.159. The van der Waals surface area contributed by atoms with Crippen LogP contribution in [0.25, 0.3) is 28.3 Å². The molecule has 0 bridgehead atoms. The Morgan fingerprint density at radius 3 is 2.00 bits per heavy atom. The average Bonchev–Trinajstić information content (AvgIpc) is 3.22. The van der Waals surface area contributed by atoms with Crippen molar-refractivity contribution in [3.63, 3.8) is 0 Å². The van der Waals surface area contributed by atoms with Gasteiger partial charge in [0.25, 0.3) is 0 Å². The van der Waals surface area contributed by atoms with Gasteiger partial charge in [0.05, 0.1) is 0 Å². The van der Waals surface area contributed by atoms with Crippen LogP contribution >= 0.6 is 0 Å². The minimum Gasteiger partial charge on any atom is -0.0725 e. The number of rotatable bonds is 0. The quantitative estimate of drug-likeness (QED) is 0.429. The molecule has 0 N–H and O–H groups in total. The van der Waals surface area contributed by atoms with E-state index in [1.165, 1.54) is 33.0 Å². The standard InChI is InChI=1S/C29H34/c1-16-9-10-18-12-23-21-13-19-11-17(2)26(28(3,4)5)22(19)14-20(21)15-24(23)27(25(16)18)29(6,7)8/h10,12-14H,9,11,15H2,1-8H3. The highest BCUT2D eigenvalue weighted by molar-refractivity contribution is 5.87. The maximum Gasteiger partial charge on any atom is -0.00101 e. The van der Waals surface area contributed by atoms with Gasteiger partial charge in [-0.1, -0.05) is 64.8 Å². The Hall–Kier alpha value is -2.08. The van der Waals surface area contributed by atoms with Crippen molar-refractivity contribution in [3.8, 4) is 11.1 Å². The summed E-state index contributed by atoms with van der Waals surface area (Å²) in [4.78, 5) is 0. The van der Waals surface area contributed by atoms with Gasteiger partial charge < -0.3 is 0 Å². The second kappa shape index (κ2) is 5.75. The summed E-state index contributed by atoms with van der Waals surface area (Å²) >= 11 is 0. The van der Waals surface area contributed by atoms with E-state index in [0.717, 1.165) is 19.3 Å². The van der Waals surface area contributed by atoms with E-state index < -0.39 is 0 Å². The molecule has 0 spiro atoms. The Balaban J connectivity index is 1.77. The number of fused-ring (bicyclic) bond motifs is 5. The summed E-state index contributed by atoms with van der Waals surface area (Å²) in [6.45, 7) is 18.9. The molecule has 150 valence electrons. The van der Waals surface area contributed by atoms with Gasteiger partial charge in [0, 0.05) is 0 Å². The van der Waals surface area contributed by atoms with Crippen LogP contribution in [0.4, 0.5) is 0 Å². The van der Waals surface area contributed by atoms with Crippen LogP contribution < -0.4 is 10.4 Å². The molecule has 29 heavy (non-hydrogen) atoms. The van der Waals surface area contributed by atoms with Crippen molar-refractivity contribution in [1.82, 2.24) is 0 Å². The van der Waals surface area contributed by atoms with E-state index in [9.17, 15) is 0 Å². The summed E-state index contributed by atoms with van der Waals surface area (Å²) in [5.41, 5.74) is 15.8. The molecule has 0 heterocycles. The van der Waals surface area contributed by atoms with Gasteiger partial charge >= 0.3 is 0 Å². The van der Waals surface area contributed by atoms with Crippen molar-refractivity contribution in [2.24, 2.45) is 5.41 Å². The molecule has 0 nitrogen and oxygen atoms in total. The summed E-state index contributed by atoms with van der Waals surface area (Å²) in [6, 6.07) is 7.57. The Bertz CT molecular complexity index is 1230. The molecule has 0 heteroatoms. The monoisotopic (exact) mass is 382 g/mol. The van der Waals surface area contributed by atoms with E-state index in [2.05, 4.69) is 79.7 Å². The third-order valence-electron chi connectivity index (χ3n) is 7.16. The van der Waals surface area contributed by atoms with Crippen LogP contribution in [0, 0.1) is 5.41 Å². The van der Waals surface area contributed by atoms with E-state index >= 15 is 0 Å². The molecule has 0 amide bonds. The minimum atomic E-state index is 0.159. The smallest absolute Gasteiger partial charge is 0.00101 e. The summed E-state index contributed by atoms with van der Waals surface area (Å²) in [5, 5.41) is 3.01. The molecule has 0 radical (unpaired) electrons. The lowest BCUT2D eigenvalue weighted by atomic mass is 9.80. The van der Waals surface area contributed by atoms with Crippen molar-refractivity contribution in [2.75, 3.05) is 0 Å².